The molecule has 1 heterocycles. The molecular formula is C11H10F2N4. The molecule has 17 heavy (non-hydrogen) atoms. The van der Waals surface area contributed by atoms with Crippen LogP contribution in [0.5, 0.6) is 0 Å². The van der Waals surface area contributed by atoms with Crippen molar-refractivity contribution in [2.24, 2.45) is 0 Å². The molecule has 0 saturated carbocycles. The van der Waals surface area contributed by atoms with Crippen LogP contribution in [0.2, 0.25) is 0 Å². The summed E-state index contributed by atoms with van der Waals surface area (Å²) < 4.78 is 25.6. The first-order valence-electron chi connectivity index (χ1n) is 4.90. The largest absolute Gasteiger partial charge is 0.382 e. The number of nitrogens with one attached hydrogen (secondary N) is 1. The second kappa shape index (κ2) is 4.73. The van der Waals surface area contributed by atoms with Crippen LogP contribution in [0.15, 0.2) is 30.6 Å². The molecule has 0 aliphatic rings. The van der Waals surface area contributed by atoms with E-state index in [9.17, 15) is 8.78 Å². The number of hydrogen-bond donors (Lipinski definition) is 2. The van der Waals surface area contributed by atoms with Gasteiger partial charge in [-0.3, -0.25) is 4.98 Å². The lowest BCUT2D eigenvalue weighted by Gasteiger charge is -2.05. The van der Waals surface area contributed by atoms with Gasteiger partial charge in [0.25, 0.3) is 0 Å². The average molecular weight is 236 g/mol. The van der Waals surface area contributed by atoms with Crippen molar-refractivity contribution in [2.75, 3.05) is 11.1 Å². The van der Waals surface area contributed by atoms with Gasteiger partial charge >= 0.3 is 0 Å². The molecule has 2 aromatic rings. The Kier molecular flexibility index (Phi) is 3.13. The van der Waals surface area contributed by atoms with E-state index in [-0.39, 0.29) is 0 Å². The maximum Gasteiger partial charge on any atom is 0.159 e. The molecule has 1 aromatic heterocycles. The van der Waals surface area contributed by atoms with Crippen LogP contribution in [-0.4, -0.2) is 9.97 Å². The van der Waals surface area contributed by atoms with Crippen molar-refractivity contribution in [3.8, 4) is 0 Å². The van der Waals surface area contributed by atoms with Gasteiger partial charge in [0.05, 0.1) is 12.4 Å². The monoisotopic (exact) mass is 236 g/mol. The third-order valence-electron chi connectivity index (χ3n) is 2.11. The molecule has 0 aliphatic carbocycles. The fraction of sp³-hybridized carbons (Fsp3) is 0.0909. The minimum atomic E-state index is -0.872. The van der Waals surface area contributed by atoms with Crippen molar-refractivity contribution >= 4 is 11.6 Å². The summed E-state index contributed by atoms with van der Waals surface area (Å²) >= 11 is 0. The summed E-state index contributed by atoms with van der Waals surface area (Å²) in [6, 6.07) is 3.70. The molecule has 0 unspecified atom stereocenters. The molecular weight excluding hydrogens is 226 g/mol. The van der Waals surface area contributed by atoms with Crippen LogP contribution in [0.3, 0.4) is 0 Å². The van der Waals surface area contributed by atoms with Crippen LogP contribution in [0, 0.1) is 11.6 Å². The van der Waals surface area contributed by atoms with E-state index in [1.807, 2.05) is 0 Å². The van der Waals surface area contributed by atoms with Crippen LogP contribution in [0.25, 0.3) is 0 Å². The molecule has 2 rings (SSSR count). The Morgan fingerprint density at radius 3 is 2.71 bits per heavy atom. The molecule has 0 amide bonds. The highest BCUT2D eigenvalue weighted by Gasteiger charge is 2.02. The highest BCUT2D eigenvalue weighted by Crippen LogP contribution is 2.10. The van der Waals surface area contributed by atoms with Gasteiger partial charge in [-0.05, 0) is 17.7 Å². The SMILES string of the molecule is Nc1cncc(NCc2ccc(F)c(F)c2)n1. The van der Waals surface area contributed by atoms with E-state index in [1.54, 1.807) is 0 Å². The number of rotatable bonds is 3. The zero-order valence-electron chi connectivity index (χ0n) is 8.82. The number of nitrogen functional groups attached to an aromatic ring is 1. The van der Waals surface area contributed by atoms with E-state index >= 15 is 0 Å². The average Bonchev–Trinajstić information content (AvgIpc) is 2.31. The predicted octanol–water partition coefficient (Wildman–Crippen LogP) is 1.95. The highest BCUT2D eigenvalue weighted by atomic mass is 19.2. The first kappa shape index (κ1) is 11.3. The van der Waals surface area contributed by atoms with E-state index in [2.05, 4.69) is 15.3 Å². The molecule has 0 spiro atoms. The third kappa shape index (κ3) is 2.87. The smallest absolute Gasteiger partial charge is 0.159 e. The van der Waals surface area contributed by atoms with Gasteiger partial charge in [0.1, 0.15) is 11.6 Å². The fourth-order valence-electron chi connectivity index (χ4n) is 1.31. The summed E-state index contributed by atoms with van der Waals surface area (Å²) in [6.07, 6.45) is 2.92. The van der Waals surface area contributed by atoms with Gasteiger partial charge in [0, 0.05) is 6.54 Å². The summed E-state index contributed by atoms with van der Waals surface area (Å²) in [6.45, 7) is 0.315. The lowest BCUT2D eigenvalue weighted by molar-refractivity contribution is 0.507. The number of halogens is 2. The molecule has 0 atom stereocenters. The van der Waals surface area contributed by atoms with Crippen molar-refractivity contribution in [3.05, 3.63) is 47.8 Å². The second-order valence-electron chi connectivity index (χ2n) is 3.43. The quantitative estimate of drug-likeness (QED) is 0.854. The molecule has 0 aliphatic heterocycles. The first-order chi connectivity index (χ1) is 8.15. The normalized spacial score (nSPS) is 10.2. The summed E-state index contributed by atoms with van der Waals surface area (Å²) in [5, 5.41) is 2.91. The predicted molar refractivity (Wildman–Crippen MR) is 60.1 cm³/mol. The Hall–Kier alpha value is -2.24. The number of benzene rings is 1. The summed E-state index contributed by atoms with van der Waals surface area (Å²) in [5.41, 5.74) is 6.05. The Balaban J connectivity index is 2.05. The van der Waals surface area contributed by atoms with Crippen molar-refractivity contribution < 1.29 is 8.78 Å². The lowest BCUT2D eigenvalue weighted by atomic mass is 10.2. The lowest BCUT2D eigenvalue weighted by Crippen LogP contribution is -2.04. The van der Waals surface area contributed by atoms with Crippen molar-refractivity contribution in [1.29, 1.82) is 0 Å². The van der Waals surface area contributed by atoms with Crippen LogP contribution >= 0.6 is 0 Å². The summed E-state index contributed by atoms with van der Waals surface area (Å²) in [7, 11) is 0. The molecule has 0 saturated heterocycles. The highest BCUT2D eigenvalue weighted by molar-refractivity contribution is 5.39. The minimum Gasteiger partial charge on any atom is -0.382 e. The summed E-state index contributed by atoms with van der Waals surface area (Å²) in [5.74, 6) is -0.963. The van der Waals surface area contributed by atoms with Gasteiger partial charge in [0.2, 0.25) is 0 Å². The number of nitrogens with zero attached hydrogens (tertiary/aromatic N) is 2. The maximum atomic E-state index is 12.9. The van der Waals surface area contributed by atoms with Crippen molar-refractivity contribution in [3.63, 3.8) is 0 Å². The zero-order valence-corrected chi connectivity index (χ0v) is 8.82. The van der Waals surface area contributed by atoms with E-state index in [0.717, 1.165) is 12.1 Å². The van der Waals surface area contributed by atoms with Gasteiger partial charge in [-0.15, -0.1) is 0 Å². The Bertz CT molecular complexity index is 531. The Morgan fingerprint density at radius 2 is 2.00 bits per heavy atom. The van der Waals surface area contributed by atoms with Crippen LogP contribution in [0.4, 0.5) is 20.4 Å². The number of nitrogens with two attached hydrogens (primary N) is 1. The summed E-state index contributed by atoms with van der Waals surface area (Å²) in [4.78, 5) is 7.81. The van der Waals surface area contributed by atoms with Gasteiger partial charge in [-0.2, -0.15) is 0 Å². The van der Waals surface area contributed by atoms with Gasteiger partial charge in [-0.25, -0.2) is 13.8 Å². The van der Waals surface area contributed by atoms with E-state index in [0.29, 0.717) is 23.7 Å². The standard InChI is InChI=1S/C11H10F2N4/c12-8-2-1-7(3-9(8)13)4-16-11-6-15-5-10(14)17-11/h1-3,5-6H,4H2,(H3,14,16,17). The van der Waals surface area contributed by atoms with Gasteiger partial charge < -0.3 is 11.1 Å². The topological polar surface area (TPSA) is 63.8 Å². The second-order valence-corrected chi connectivity index (χ2v) is 3.43. The van der Waals surface area contributed by atoms with Crippen LogP contribution in [0.1, 0.15) is 5.56 Å². The minimum absolute atomic E-state index is 0.292. The number of aromatic nitrogens is 2. The number of anilines is 2. The Morgan fingerprint density at radius 1 is 1.18 bits per heavy atom. The third-order valence-corrected chi connectivity index (χ3v) is 2.11. The van der Waals surface area contributed by atoms with Crippen LogP contribution < -0.4 is 11.1 Å². The molecule has 0 fully saturated rings. The first-order valence-corrected chi connectivity index (χ1v) is 4.90. The zero-order chi connectivity index (χ0) is 12.3. The molecule has 1 aromatic carbocycles. The van der Waals surface area contributed by atoms with Crippen LogP contribution in [-0.2, 0) is 6.54 Å². The van der Waals surface area contributed by atoms with Crippen molar-refractivity contribution in [1.82, 2.24) is 9.97 Å². The molecule has 0 bridgehead atoms. The molecule has 4 nitrogen and oxygen atoms in total. The Labute approximate surface area is 96.5 Å². The van der Waals surface area contributed by atoms with Crippen molar-refractivity contribution in [2.45, 2.75) is 6.54 Å². The molecule has 0 radical (unpaired) electrons. The fourth-order valence-corrected chi connectivity index (χ4v) is 1.31. The van der Waals surface area contributed by atoms with E-state index in [1.165, 1.54) is 18.5 Å². The molecule has 88 valence electrons. The maximum absolute atomic E-state index is 12.9. The number of hydrogen-bond acceptors (Lipinski definition) is 4. The van der Waals surface area contributed by atoms with Gasteiger partial charge in [0.15, 0.2) is 11.6 Å². The van der Waals surface area contributed by atoms with E-state index < -0.39 is 11.6 Å². The molecule has 3 N–H and O–H groups in total. The van der Waals surface area contributed by atoms with E-state index in [4.69, 9.17) is 5.73 Å². The molecule has 6 heteroatoms. The van der Waals surface area contributed by atoms with Gasteiger partial charge in [-0.1, -0.05) is 6.07 Å².